The van der Waals surface area contributed by atoms with E-state index in [1.807, 2.05) is 32.0 Å². The van der Waals surface area contributed by atoms with Crippen LogP contribution in [0.3, 0.4) is 0 Å². The fraction of sp³-hybridized carbons (Fsp3) is 0.364. The molecule has 2 aromatic heterocycles. The zero-order chi connectivity index (χ0) is 19.0. The van der Waals surface area contributed by atoms with Crippen LogP contribution in [0.5, 0.6) is 0 Å². The Bertz CT molecular complexity index is 1000. The maximum Gasteiger partial charge on any atom is 0.267 e. The number of anilines is 2. The number of aryl methyl sites for hydroxylation is 4. The van der Waals surface area contributed by atoms with Gasteiger partial charge in [0.15, 0.2) is 0 Å². The van der Waals surface area contributed by atoms with Crippen molar-refractivity contribution in [2.45, 2.75) is 52.4 Å². The molecule has 3 aromatic rings. The van der Waals surface area contributed by atoms with E-state index in [4.69, 9.17) is 10.7 Å². The molecule has 1 aliphatic rings. The Morgan fingerprint density at radius 3 is 2.56 bits per heavy atom. The quantitative estimate of drug-likeness (QED) is 0.626. The second kappa shape index (κ2) is 7.31. The summed E-state index contributed by atoms with van der Waals surface area (Å²) in [7, 11) is 0. The van der Waals surface area contributed by atoms with Gasteiger partial charge in [0.1, 0.15) is 9.71 Å². The highest BCUT2D eigenvalue weighted by Crippen LogP contribution is 2.35. The molecule has 4 nitrogen and oxygen atoms in total. The van der Waals surface area contributed by atoms with Gasteiger partial charge in [-0.25, -0.2) is 4.98 Å². The molecule has 140 valence electrons. The number of carbonyl (C=O) groups excluding carboxylic acids is 1. The van der Waals surface area contributed by atoms with Crippen LogP contribution in [0, 0.1) is 13.8 Å². The van der Waals surface area contributed by atoms with Gasteiger partial charge in [-0.05, 0) is 62.3 Å². The first-order valence-corrected chi connectivity index (χ1v) is 10.4. The number of nitrogens with zero attached hydrogens (tertiary/aromatic N) is 1. The van der Waals surface area contributed by atoms with Crippen molar-refractivity contribution in [2.75, 3.05) is 11.1 Å². The van der Waals surface area contributed by atoms with E-state index in [0.717, 1.165) is 39.9 Å². The number of nitrogens with two attached hydrogens (primary N) is 1. The number of aromatic nitrogens is 1. The fourth-order valence-electron chi connectivity index (χ4n) is 3.86. The van der Waals surface area contributed by atoms with Crippen LogP contribution in [0.4, 0.5) is 11.4 Å². The number of hydrogen-bond donors (Lipinski definition) is 2. The topological polar surface area (TPSA) is 68.0 Å². The van der Waals surface area contributed by atoms with Crippen molar-refractivity contribution in [1.29, 1.82) is 0 Å². The summed E-state index contributed by atoms with van der Waals surface area (Å²) < 4.78 is 0. The van der Waals surface area contributed by atoms with Crippen molar-refractivity contribution >= 4 is 38.8 Å². The second-order valence-electron chi connectivity index (χ2n) is 7.43. The molecule has 0 bridgehead atoms. The lowest BCUT2D eigenvalue weighted by molar-refractivity contribution is 0.103. The first kappa shape index (κ1) is 18.0. The third kappa shape index (κ3) is 3.44. The molecule has 0 aliphatic heterocycles. The normalized spacial score (nSPS) is 14.4. The van der Waals surface area contributed by atoms with E-state index in [-0.39, 0.29) is 5.91 Å². The molecule has 3 N–H and O–H groups in total. The number of nitrogens with one attached hydrogen (secondary N) is 1. The molecule has 0 saturated carbocycles. The van der Waals surface area contributed by atoms with E-state index in [1.165, 1.54) is 48.3 Å². The van der Waals surface area contributed by atoms with Gasteiger partial charge < -0.3 is 11.1 Å². The van der Waals surface area contributed by atoms with Gasteiger partial charge in [-0.3, -0.25) is 4.79 Å². The molecule has 1 aromatic carbocycles. The van der Waals surface area contributed by atoms with Crippen molar-refractivity contribution in [2.24, 2.45) is 0 Å². The lowest BCUT2D eigenvalue weighted by Gasteiger charge is -2.12. The van der Waals surface area contributed by atoms with Crippen LogP contribution >= 0.6 is 11.3 Å². The van der Waals surface area contributed by atoms with Crippen LogP contribution in [-0.2, 0) is 12.8 Å². The molecule has 27 heavy (non-hydrogen) atoms. The van der Waals surface area contributed by atoms with Crippen molar-refractivity contribution < 1.29 is 4.79 Å². The monoisotopic (exact) mass is 379 g/mol. The van der Waals surface area contributed by atoms with Crippen LogP contribution in [0.15, 0.2) is 24.3 Å². The number of fused-ring (bicyclic) bond motifs is 2. The number of thiophene rings is 1. The highest BCUT2D eigenvalue weighted by atomic mass is 32.1. The zero-order valence-electron chi connectivity index (χ0n) is 15.9. The van der Waals surface area contributed by atoms with Crippen molar-refractivity contribution in [3.8, 4) is 0 Å². The van der Waals surface area contributed by atoms with Crippen LogP contribution in [0.1, 0.15) is 57.7 Å². The molecule has 0 unspecified atom stereocenters. The van der Waals surface area contributed by atoms with Crippen LogP contribution in [-0.4, -0.2) is 10.9 Å². The summed E-state index contributed by atoms with van der Waals surface area (Å²) in [5.41, 5.74) is 12.4. The van der Waals surface area contributed by atoms with E-state index >= 15 is 0 Å². The van der Waals surface area contributed by atoms with Gasteiger partial charge in [-0.2, -0.15) is 0 Å². The number of benzene rings is 1. The predicted octanol–water partition coefficient (Wildman–Crippen LogP) is 5.41. The molecule has 1 amide bonds. The molecule has 0 radical (unpaired) electrons. The second-order valence-corrected chi connectivity index (χ2v) is 8.43. The van der Waals surface area contributed by atoms with Gasteiger partial charge in [-0.1, -0.05) is 31.0 Å². The molecule has 4 rings (SSSR count). The number of carbonyl (C=O) groups is 1. The summed E-state index contributed by atoms with van der Waals surface area (Å²) in [6.07, 6.45) is 7.01. The zero-order valence-corrected chi connectivity index (χ0v) is 16.7. The van der Waals surface area contributed by atoms with Crippen molar-refractivity contribution in [1.82, 2.24) is 4.98 Å². The Balaban J connectivity index is 1.71. The molecule has 0 fully saturated rings. The molecular formula is C22H25N3OS. The van der Waals surface area contributed by atoms with Gasteiger partial charge in [0.2, 0.25) is 0 Å². The first-order chi connectivity index (χ1) is 13.0. The van der Waals surface area contributed by atoms with E-state index in [2.05, 4.69) is 11.4 Å². The number of pyridine rings is 1. The summed E-state index contributed by atoms with van der Waals surface area (Å²) in [6, 6.07) is 8.16. The largest absolute Gasteiger partial charge is 0.397 e. The highest BCUT2D eigenvalue weighted by Gasteiger charge is 2.20. The maximum atomic E-state index is 12.9. The Morgan fingerprint density at radius 1 is 1.11 bits per heavy atom. The number of hydrogen-bond acceptors (Lipinski definition) is 4. The molecular weight excluding hydrogens is 354 g/mol. The smallest absolute Gasteiger partial charge is 0.267 e. The summed E-state index contributed by atoms with van der Waals surface area (Å²) in [5, 5.41) is 3.97. The first-order valence-electron chi connectivity index (χ1n) is 9.63. The van der Waals surface area contributed by atoms with Crippen LogP contribution in [0.2, 0.25) is 0 Å². The Kier molecular flexibility index (Phi) is 4.87. The Morgan fingerprint density at radius 2 is 1.81 bits per heavy atom. The van der Waals surface area contributed by atoms with Gasteiger partial charge in [0.25, 0.3) is 5.91 Å². The summed E-state index contributed by atoms with van der Waals surface area (Å²) >= 11 is 1.40. The van der Waals surface area contributed by atoms with E-state index in [0.29, 0.717) is 10.6 Å². The Hall–Kier alpha value is -2.40. The summed E-state index contributed by atoms with van der Waals surface area (Å²) in [5.74, 6) is -0.152. The van der Waals surface area contributed by atoms with Crippen molar-refractivity contribution in [3.05, 3.63) is 51.5 Å². The third-order valence-corrected chi connectivity index (χ3v) is 6.54. The standard InChI is InChI=1S/C22H25N3OS/c1-13-8-7-9-14(2)19(13)25-21(26)20-18(23)16-12-15-10-5-3-4-6-11-17(15)24-22(16)27-20/h7-9,12H,3-6,10-11,23H2,1-2H3,(H,25,26). The number of para-hydroxylation sites is 1. The van der Waals surface area contributed by atoms with E-state index in [9.17, 15) is 4.79 Å². The minimum Gasteiger partial charge on any atom is -0.397 e. The molecule has 0 saturated heterocycles. The SMILES string of the molecule is Cc1cccc(C)c1NC(=O)c1sc2nc3c(cc2c1N)CCCCCC3. The average molecular weight is 380 g/mol. The van der Waals surface area contributed by atoms with Gasteiger partial charge in [0, 0.05) is 16.8 Å². The molecule has 0 spiro atoms. The van der Waals surface area contributed by atoms with Crippen molar-refractivity contribution in [3.63, 3.8) is 0 Å². The molecule has 0 atom stereocenters. The van der Waals surface area contributed by atoms with E-state index in [1.54, 1.807) is 0 Å². The molecule has 1 aliphatic carbocycles. The lowest BCUT2D eigenvalue weighted by atomic mass is 9.96. The average Bonchev–Trinajstić information content (AvgIpc) is 2.94. The predicted molar refractivity (Wildman–Crippen MR) is 114 cm³/mol. The summed E-state index contributed by atoms with van der Waals surface area (Å²) in [4.78, 5) is 19.2. The third-order valence-electron chi connectivity index (χ3n) is 5.43. The van der Waals surface area contributed by atoms with Gasteiger partial charge in [0.05, 0.1) is 5.69 Å². The van der Waals surface area contributed by atoms with E-state index < -0.39 is 0 Å². The number of rotatable bonds is 2. The Labute approximate surface area is 163 Å². The minimum absolute atomic E-state index is 0.152. The number of nitrogen functional groups attached to an aromatic ring is 1. The number of amides is 1. The van der Waals surface area contributed by atoms with Crippen LogP contribution < -0.4 is 11.1 Å². The summed E-state index contributed by atoms with van der Waals surface area (Å²) in [6.45, 7) is 4.00. The minimum atomic E-state index is -0.152. The maximum absolute atomic E-state index is 12.9. The van der Waals surface area contributed by atoms with Gasteiger partial charge >= 0.3 is 0 Å². The highest BCUT2D eigenvalue weighted by molar-refractivity contribution is 7.21. The van der Waals surface area contributed by atoms with Crippen LogP contribution in [0.25, 0.3) is 10.2 Å². The molecule has 2 heterocycles. The van der Waals surface area contributed by atoms with Gasteiger partial charge in [-0.15, -0.1) is 11.3 Å². The fourth-order valence-corrected chi connectivity index (χ4v) is 4.86. The molecule has 5 heteroatoms. The lowest BCUT2D eigenvalue weighted by Crippen LogP contribution is -2.13.